The Morgan fingerprint density at radius 2 is 1.24 bits per heavy atom. The van der Waals surface area contributed by atoms with Gasteiger partial charge in [0.1, 0.15) is 0 Å². The third-order valence-electron chi connectivity index (χ3n) is 8.10. The molecule has 0 heterocycles. The smallest absolute Gasteiger partial charge is 0.0998 e. The minimum Gasteiger partial charge on any atom is -0.192 e. The van der Waals surface area contributed by atoms with Gasteiger partial charge in [0.25, 0.3) is 0 Å². The van der Waals surface area contributed by atoms with E-state index in [0.717, 1.165) is 16.3 Å². The molecule has 0 amide bonds. The first-order chi connectivity index (χ1) is 18.0. The number of nitrogens with zero attached hydrogens (tertiary/aromatic N) is 2. The van der Waals surface area contributed by atoms with Gasteiger partial charge in [-0.05, 0) is 78.5 Å². The maximum absolute atomic E-state index is 9.77. The van der Waals surface area contributed by atoms with E-state index in [2.05, 4.69) is 92.7 Å². The average Bonchev–Trinajstić information content (AvgIpc) is 2.94. The standard InChI is InChI=1S/C35H22N2/c1-35(2)31-18-21(19-36)14-16-25(31)26-12-7-13-30-32(27-10-5-6-11-29(27)34(35)33(26)30)28-17-15-22(20-37)23-8-3-4-9-24(23)28/h3-18H,1-2H3. The molecule has 1 aliphatic carbocycles. The van der Waals surface area contributed by atoms with Crippen LogP contribution in [-0.4, -0.2) is 0 Å². The van der Waals surface area contributed by atoms with Gasteiger partial charge >= 0.3 is 0 Å². The van der Waals surface area contributed by atoms with Crippen LogP contribution in [0.1, 0.15) is 36.1 Å². The Kier molecular flexibility index (Phi) is 4.35. The van der Waals surface area contributed by atoms with E-state index in [9.17, 15) is 10.5 Å². The molecule has 0 unspecified atom stereocenters. The van der Waals surface area contributed by atoms with Crippen LogP contribution < -0.4 is 0 Å². The Morgan fingerprint density at radius 3 is 2.00 bits per heavy atom. The molecule has 172 valence electrons. The molecule has 0 spiro atoms. The fourth-order valence-electron chi connectivity index (χ4n) is 6.51. The van der Waals surface area contributed by atoms with Crippen molar-refractivity contribution >= 4 is 32.3 Å². The van der Waals surface area contributed by atoms with Crippen molar-refractivity contribution in [3.63, 3.8) is 0 Å². The van der Waals surface area contributed by atoms with Crippen LogP contribution in [0.25, 0.3) is 54.6 Å². The van der Waals surface area contributed by atoms with Crippen LogP contribution in [0.5, 0.6) is 0 Å². The zero-order valence-corrected chi connectivity index (χ0v) is 20.6. The van der Waals surface area contributed by atoms with Crippen LogP contribution in [0.3, 0.4) is 0 Å². The molecular formula is C35H22N2. The lowest BCUT2D eigenvalue weighted by Crippen LogP contribution is -2.24. The van der Waals surface area contributed by atoms with Crippen LogP contribution in [0.15, 0.2) is 97.1 Å². The molecule has 1 aliphatic rings. The zero-order valence-electron chi connectivity index (χ0n) is 20.6. The molecule has 0 N–H and O–H groups in total. The number of hydrogen-bond donors (Lipinski definition) is 0. The molecule has 0 bridgehead atoms. The monoisotopic (exact) mass is 470 g/mol. The van der Waals surface area contributed by atoms with Gasteiger partial charge in [-0.25, -0.2) is 0 Å². The first-order valence-corrected chi connectivity index (χ1v) is 12.5. The fraction of sp³-hybridized carbons (Fsp3) is 0.0857. The largest absolute Gasteiger partial charge is 0.192 e. The van der Waals surface area contributed by atoms with E-state index in [0.29, 0.717) is 11.1 Å². The maximum atomic E-state index is 9.77. The highest BCUT2D eigenvalue weighted by molar-refractivity contribution is 6.22. The fourth-order valence-corrected chi connectivity index (χ4v) is 6.51. The minimum atomic E-state index is -0.292. The number of hydrogen-bond acceptors (Lipinski definition) is 2. The van der Waals surface area contributed by atoms with Crippen LogP contribution in [0, 0.1) is 22.7 Å². The molecule has 2 nitrogen and oxygen atoms in total. The van der Waals surface area contributed by atoms with Gasteiger partial charge in [0.2, 0.25) is 0 Å². The van der Waals surface area contributed by atoms with Crippen molar-refractivity contribution in [2.24, 2.45) is 0 Å². The van der Waals surface area contributed by atoms with Crippen molar-refractivity contribution in [3.05, 3.63) is 119 Å². The highest BCUT2D eigenvalue weighted by Crippen LogP contribution is 2.54. The van der Waals surface area contributed by atoms with Gasteiger partial charge < -0.3 is 0 Å². The molecule has 7 rings (SSSR count). The predicted octanol–water partition coefficient (Wildman–Crippen LogP) is 8.86. The van der Waals surface area contributed by atoms with E-state index < -0.39 is 0 Å². The van der Waals surface area contributed by atoms with Gasteiger partial charge in [-0.2, -0.15) is 10.5 Å². The Labute approximate surface area is 215 Å². The summed E-state index contributed by atoms with van der Waals surface area (Å²) in [5.74, 6) is 0. The lowest BCUT2D eigenvalue weighted by atomic mass is 9.66. The molecular weight excluding hydrogens is 448 g/mol. The van der Waals surface area contributed by atoms with Crippen LogP contribution in [0.4, 0.5) is 0 Å². The lowest BCUT2D eigenvalue weighted by molar-refractivity contribution is 0.651. The van der Waals surface area contributed by atoms with Gasteiger partial charge in [0.15, 0.2) is 0 Å². The summed E-state index contributed by atoms with van der Waals surface area (Å²) in [6.45, 7) is 4.56. The average molecular weight is 471 g/mol. The third-order valence-corrected chi connectivity index (χ3v) is 8.10. The van der Waals surface area contributed by atoms with Crippen molar-refractivity contribution in [1.82, 2.24) is 0 Å². The number of benzene rings is 6. The van der Waals surface area contributed by atoms with E-state index in [1.165, 1.54) is 49.4 Å². The highest BCUT2D eigenvalue weighted by atomic mass is 14.4. The Bertz CT molecular complexity index is 2030. The molecule has 0 aromatic heterocycles. The van der Waals surface area contributed by atoms with E-state index in [1.54, 1.807) is 0 Å². The van der Waals surface area contributed by atoms with Crippen molar-refractivity contribution in [3.8, 4) is 34.4 Å². The summed E-state index contributed by atoms with van der Waals surface area (Å²) in [7, 11) is 0. The summed E-state index contributed by atoms with van der Waals surface area (Å²) in [5.41, 5.74) is 8.31. The van der Waals surface area contributed by atoms with E-state index in [1.807, 2.05) is 30.3 Å². The summed E-state index contributed by atoms with van der Waals surface area (Å²) >= 11 is 0. The molecule has 0 fully saturated rings. The second-order valence-corrected chi connectivity index (χ2v) is 10.3. The first-order valence-electron chi connectivity index (χ1n) is 12.5. The molecule has 6 aromatic rings. The first kappa shape index (κ1) is 21.4. The molecule has 0 saturated carbocycles. The summed E-state index contributed by atoms with van der Waals surface area (Å²) in [6, 6.07) is 38.3. The normalized spacial score (nSPS) is 13.3. The molecule has 0 saturated heterocycles. The van der Waals surface area contributed by atoms with E-state index >= 15 is 0 Å². The van der Waals surface area contributed by atoms with E-state index in [4.69, 9.17) is 0 Å². The Morgan fingerprint density at radius 1 is 0.568 bits per heavy atom. The quantitative estimate of drug-likeness (QED) is 0.225. The van der Waals surface area contributed by atoms with Crippen LogP contribution >= 0.6 is 0 Å². The SMILES string of the molecule is CC1(C)c2cc(C#N)ccc2-c2cccc3c(-c4ccc(C#N)c5ccccc45)c4ccccc4c1c23. The second-order valence-electron chi connectivity index (χ2n) is 10.3. The van der Waals surface area contributed by atoms with Gasteiger partial charge in [-0.3, -0.25) is 0 Å². The highest BCUT2D eigenvalue weighted by Gasteiger charge is 2.36. The van der Waals surface area contributed by atoms with Crippen LogP contribution in [-0.2, 0) is 5.41 Å². The second kappa shape index (κ2) is 7.54. The number of nitriles is 2. The summed E-state index contributed by atoms with van der Waals surface area (Å²) in [5, 5.41) is 26.4. The van der Waals surface area contributed by atoms with Crippen molar-refractivity contribution < 1.29 is 0 Å². The number of fused-ring (bicyclic) bond motifs is 5. The van der Waals surface area contributed by atoms with Crippen LogP contribution in [0.2, 0.25) is 0 Å². The Hall–Kier alpha value is -4.92. The topological polar surface area (TPSA) is 47.6 Å². The molecule has 2 heteroatoms. The minimum absolute atomic E-state index is 0.292. The molecule has 0 aliphatic heterocycles. The molecule has 0 radical (unpaired) electrons. The number of rotatable bonds is 1. The van der Waals surface area contributed by atoms with Crippen molar-refractivity contribution in [1.29, 1.82) is 10.5 Å². The van der Waals surface area contributed by atoms with Gasteiger partial charge in [-0.15, -0.1) is 0 Å². The van der Waals surface area contributed by atoms with Gasteiger partial charge in [0.05, 0.1) is 23.3 Å². The van der Waals surface area contributed by atoms with Crippen molar-refractivity contribution in [2.75, 3.05) is 0 Å². The Balaban J connectivity index is 1.73. The van der Waals surface area contributed by atoms with Gasteiger partial charge in [-0.1, -0.05) is 92.7 Å². The lowest BCUT2D eigenvalue weighted by Gasteiger charge is -2.37. The predicted molar refractivity (Wildman–Crippen MR) is 151 cm³/mol. The molecule has 0 atom stereocenters. The van der Waals surface area contributed by atoms with Crippen molar-refractivity contribution in [2.45, 2.75) is 19.3 Å². The summed E-state index contributed by atoms with van der Waals surface area (Å²) < 4.78 is 0. The zero-order chi connectivity index (χ0) is 25.3. The summed E-state index contributed by atoms with van der Waals surface area (Å²) in [6.07, 6.45) is 0. The van der Waals surface area contributed by atoms with Gasteiger partial charge in [0, 0.05) is 10.8 Å². The third kappa shape index (κ3) is 2.79. The van der Waals surface area contributed by atoms with E-state index in [-0.39, 0.29) is 5.41 Å². The molecule has 6 aromatic carbocycles. The molecule has 37 heavy (non-hydrogen) atoms. The summed E-state index contributed by atoms with van der Waals surface area (Å²) in [4.78, 5) is 0. The maximum Gasteiger partial charge on any atom is 0.0998 e.